The summed E-state index contributed by atoms with van der Waals surface area (Å²) in [6, 6.07) is 18.1. The van der Waals surface area contributed by atoms with Gasteiger partial charge in [0, 0.05) is 43.0 Å². The number of ether oxygens (including phenoxy) is 3. The maximum atomic E-state index is 13.2. The third-order valence-electron chi connectivity index (χ3n) is 6.31. The Labute approximate surface area is 234 Å². The topological polar surface area (TPSA) is 80.3 Å². The van der Waals surface area contributed by atoms with Crippen molar-refractivity contribution in [1.82, 2.24) is 4.90 Å². The number of hydrogen-bond donors (Lipinski definition) is 1. The molecule has 1 fully saturated rings. The molecule has 39 heavy (non-hydrogen) atoms. The summed E-state index contributed by atoms with van der Waals surface area (Å²) in [5, 5.41) is 3.43. The molecular formula is C30H34ClN3O5. The normalized spacial score (nSPS) is 13.1. The van der Waals surface area contributed by atoms with Gasteiger partial charge >= 0.3 is 0 Å². The monoisotopic (exact) mass is 551 g/mol. The van der Waals surface area contributed by atoms with Crippen LogP contribution in [0.1, 0.15) is 41.5 Å². The summed E-state index contributed by atoms with van der Waals surface area (Å²) in [6.45, 7) is 9.42. The third kappa shape index (κ3) is 6.75. The summed E-state index contributed by atoms with van der Waals surface area (Å²) >= 11 is 6.65. The molecule has 0 atom stereocenters. The van der Waals surface area contributed by atoms with E-state index in [1.54, 1.807) is 18.2 Å². The van der Waals surface area contributed by atoms with Gasteiger partial charge in [-0.05, 0) is 63.2 Å². The molecule has 1 aliphatic heterocycles. The van der Waals surface area contributed by atoms with E-state index in [0.29, 0.717) is 85.1 Å². The number of halogens is 1. The van der Waals surface area contributed by atoms with E-state index >= 15 is 0 Å². The Morgan fingerprint density at radius 2 is 1.41 bits per heavy atom. The van der Waals surface area contributed by atoms with Crippen molar-refractivity contribution in [3.63, 3.8) is 0 Å². The van der Waals surface area contributed by atoms with Gasteiger partial charge in [-0.1, -0.05) is 29.8 Å². The number of rotatable bonds is 10. The Balaban J connectivity index is 1.44. The predicted octanol–water partition coefficient (Wildman–Crippen LogP) is 5.75. The van der Waals surface area contributed by atoms with Crippen LogP contribution in [0.2, 0.25) is 5.02 Å². The van der Waals surface area contributed by atoms with Crippen LogP contribution in [-0.2, 0) is 0 Å². The minimum atomic E-state index is -0.322. The van der Waals surface area contributed by atoms with Crippen LogP contribution in [-0.4, -0.2) is 62.7 Å². The average molecular weight is 552 g/mol. The van der Waals surface area contributed by atoms with Crippen molar-refractivity contribution in [2.24, 2.45) is 0 Å². The molecule has 0 unspecified atom stereocenters. The molecular weight excluding hydrogens is 518 g/mol. The SMILES string of the molecule is CCOc1cc(C(=O)Nc2ccc(N3CCN(C(=O)c4ccccc4)CC3)c(Cl)c2)cc(OCC)c1OCC. The van der Waals surface area contributed by atoms with E-state index in [9.17, 15) is 9.59 Å². The van der Waals surface area contributed by atoms with Gasteiger partial charge in [0.25, 0.3) is 11.8 Å². The maximum Gasteiger partial charge on any atom is 0.255 e. The summed E-state index contributed by atoms with van der Waals surface area (Å²) in [5.41, 5.74) is 2.50. The summed E-state index contributed by atoms with van der Waals surface area (Å²) in [5.74, 6) is 1.10. The highest BCUT2D eigenvalue weighted by Crippen LogP contribution is 2.39. The molecule has 0 aliphatic carbocycles. The standard InChI is InChI=1S/C30H34ClN3O5/c1-4-37-26-18-22(19-27(38-5-2)28(26)39-6-3)29(35)32-23-12-13-25(24(31)20-23)33-14-16-34(17-15-33)30(36)21-10-8-7-9-11-21/h7-13,18-20H,4-6,14-17H2,1-3H3,(H,32,35). The molecule has 1 aliphatic rings. The van der Waals surface area contributed by atoms with Crippen LogP contribution in [0.25, 0.3) is 0 Å². The molecule has 2 amide bonds. The lowest BCUT2D eigenvalue weighted by Gasteiger charge is -2.36. The number of anilines is 2. The van der Waals surface area contributed by atoms with Gasteiger partial charge in [-0.15, -0.1) is 0 Å². The van der Waals surface area contributed by atoms with Gasteiger partial charge in [-0.2, -0.15) is 0 Å². The number of piperazine rings is 1. The number of benzene rings is 3. The van der Waals surface area contributed by atoms with Gasteiger partial charge in [0.05, 0.1) is 30.5 Å². The van der Waals surface area contributed by atoms with E-state index in [2.05, 4.69) is 10.2 Å². The molecule has 3 aromatic rings. The summed E-state index contributed by atoms with van der Waals surface area (Å²) < 4.78 is 17.2. The van der Waals surface area contributed by atoms with Crippen molar-refractivity contribution in [2.75, 3.05) is 56.2 Å². The number of nitrogens with zero attached hydrogens (tertiary/aromatic N) is 2. The zero-order valence-corrected chi connectivity index (χ0v) is 23.3. The number of hydrogen-bond acceptors (Lipinski definition) is 6. The highest BCUT2D eigenvalue weighted by atomic mass is 35.5. The fourth-order valence-corrected chi connectivity index (χ4v) is 4.78. The van der Waals surface area contributed by atoms with Crippen LogP contribution >= 0.6 is 11.6 Å². The Morgan fingerprint density at radius 1 is 0.795 bits per heavy atom. The van der Waals surface area contributed by atoms with Gasteiger partial charge in [-0.25, -0.2) is 0 Å². The van der Waals surface area contributed by atoms with Crippen molar-refractivity contribution in [3.05, 3.63) is 76.8 Å². The van der Waals surface area contributed by atoms with E-state index in [4.69, 9.17) is 25.8 Å². The Morgan fingerprint density at radius 3 is 1.97 bits per heavy atom. The molecule has 206 valence electrons. The molecule has 3 aromatic carbocycles. The second-order valence-electron chi connectivity index (χ2n) is 8.87. The van der Waals surface area contributed by atoms with Crippen molar-refractivity contribution in [1.29, 1.82) is 0 Å². The number of carbonyl (C=O) groups is 2. The van der Waals surface area contributed by atoms with Crippen LogP contribution in [0.15, 0.2) is 60.7 Å². The summed E-state index contributed by atoms with van der Waals surface area (Å²) in [4.78, 5) is 29.9. The first kappa shape index (κ1) is 28.1. The number of carbonyl (C=O) groups excluding carboxylic acids is 2. The molecule has 0 saturated carbocycles. The smallest absolute Gasteiger partial charge is 0.255 e. The van der Waals surface area contributed by atoms with E-state index < -0.39 is 0 Å². The number of nitrogens with one attached hydrogen (secondary N) is 1. The molecule has 1 N–H and O–H groups in total. The first-order valence-corrected chi connectivity index (χ1v) is 13.6. The molecule has 0 bridgehead atoms. The first-order valence-electron chi connectivity index (χ1n) is 13.2. The summed E-state index contributed by atoms with van der Waals surface area (Å²) in [7, 11) is 0. The van der Waals surface area contributed by atoms with Gasteiger partial charge < -0.3 is 29.3 Å². The molecule has 4 rings (SSSR count). The third-order valence-corrected chi connectivity index (χ3v) is 6.61. The van der Waals surface area contributed by atoms with Gasteiger partial charge in [-0.3, -0.25) is 9.59 Å². The zero-order chi connectivity index (χ0) is 27.8. The summed E-state index contributed by atoms with van der Waals surface area (Å²) in [6.07, 6.45) is 0. The lowest BCUT2D eigenvalue weighted by molar-refractivity contribution is 0.0746. The van der Waals surface area contributed by atoms with E-state index in [-0.39, 0.29) is 11.8 Å². The molecule has 0 radical (unpaired) electrons. The molecule has 0 spiro atoms. The molecule has 1 heterocycles. The molecule has 1 saturated heterocycles. The van der Waals surface area contributed by atoms with Crippen molar-refractivity contribution in [2.45, 2.75) is 20.8 Å². The second-order valence-corrected chi connectivity index (χ2v) is 9.27. The maximum absolute atomic E-state index is 13.2. The van der Waals surface area contributed by atoms with Crippen LogP contribution in [0.4, 0.5) is 11.4 Å². The second kappa shape index (κ2) is 13.2. The van der Waals surface area contributed by atoms with E-state index in [0.717, 1.165) is 5.69 Å². The van der Waals surface area contributed by atoms with Crippen LogP contribution in [0.5, 0.6) is 17.2 Å². The lowest BCUT2D eigenvalue weighted by atomic mass is 10.1. The average Bonchev–Trinajstić information content (AvgIpc) is 2.95. The van der Waals surface area contributed by atoms with Crippen molar-refractivity contribution < 1.29 is 23.8 Å². The van der Waals surface area contributed by atoms with Crippen LogP contribution < -0.4 is 24.4 Å². The van der Waals surface area contributed by atoms with Gasteiger partial charge in [0.15, 0.2) is 11.5 Å². The van der Waals surface area contributed by atoms with Crippen molar-refractivity contribution in [3.8, 4) is 17.2 Å². The highest BCUT2D eigenvalue weighted by molar-refractivity contribution is 6.33. The Bertz CT molecular complexity index is 1270. The molecule has 0 aromatic heterocycles. The number of amides is 2. The zero-order valence-electron chi connectivity index (χ0n) is 22.5. The van der Waals surface area contributed by atoms with Gasteiger partial charge in [0.2, 0.25) is 5.75 Å². The predicted molar refractivity (Wildman–Crippen MR) is 154 cm³/mol. The fourth-order valence-electron chi connectivity index (χ4n) is 4.48. The highest BCUT2D eigenvalue weighted by Gasteiger charge is 2.24. The molecule has 9 heteroatoms. The van der Waals surface area contributed by atoms with Crippen LogP contribution in [0.3, 0.4) is 0 Å². The Kier molecular flexibility index (Phi) is 9.54. The van der Waals surface area contributed by atoms with E-state index in [1.807, 2.05) is 68.1 Å². The minimum Gasteiger partial charge on any atom is -0.490 e. The fraction of sp³-hybridized carbons (Fsp3) is 0.333. The largest absolute Gasteiger partial charge is 0.490 e. The van der Waals surface area contributed by atoms with Gasteiger partial charge in [0.1, 0.15) is 0 Å². The first-order chi connectivity index (χ1) is 18.9. The minimum absolute atomic E-state index is 0.0358. The quantitative estimate of drug-likeness (QED) is 0.345. The van der Waals surface area contributed by atoms with Crippen molar-refractivity contribution >= 4 is 34.8 Å². The lowest BCUT2D eigenvalue weighted by Crippen LogP contribution is -2.48. The molecule has 8 nitrogen and oxygen atoms in total. The van der Waals surface area contributed by atoms with E-state index in [1.165, 1.54) is 0 Å². The Hall–Kier alpha value is -3.91. The van der Waals surface area contributed by atoms with Crippen LogP contribution in [0, 0.1) is 0 Å².